The van der Waals surface area contributed by atoms with E-state index >= 15 is 0 Å². The Morgan fingerprint density at radius 3 is 2.67 bits per heavy atom. The SMILES string of the molecule is CNC(=O)[C@H](C)N=C=O. The van der Waals surface area contributed by atoms with E-state index in [1.54, 1.807) is 0 Å². The molecule has 0 aliphatic rings. The number of nitrogens with one attached hydrogen (secondary N) is 1. The summed E-state index contributed by atoms with van der Waals surface area (Å²) in [4.78, 5) is 23.3. The number of hydrogen-bond acceptors (Lipinski definition) is 3. The van der Waals surface area contributed by atoms with Crippen LogP contribution in [0.15, 0.2) is 4.99 Å². The van der Waals surface area contributed by atoms with E-state index < -0.39 is 6.04 Å². The number of carbonyl (C=O) groups excluding carboxylic acids is 2. The van der Waals surface area contributed by atoms with Gasteiger partial charge in [0.1, 0.15) is 6.04 Å². The average molecular weight is 128 g/mol. The van der Waals surface area contributed by atoms with E-state index in [4.69, 9.17) is 0 Å². The molecule has 0 rings (SSSR count). The first-order valence-electron chi connectivity index (χ1n) is 2.51. The quantitative estimate of drug-likeness (QED) is 0.401. The van der Waals surface area contributed by atoms with Crippen molar-refractivity contribution in [2.45, 2.75) is 13.0 Å². The molecule has 0 saturated heterocycles. The molecule has 0 bridgehead atoms. The molecular formula is C5H8N2O2. The van der Waals surface area contributed by atoms with Crippen LogP contribution >= 0.6 is 0 Å². The van der Waals surface area contributed by atoms with Crippen LogP contribution in [0.3, 0.4) is 0 Å². The molecule has 0 aromatic rings. The van der Waals surface area contributed by atoms with Crippen LogP contribution in [0.4, 0.5) is 0 Å². The normalized spacial score (nSPS) is 11.3. The maximum Gasteiger partial charge on any atom is 0.245 e. The lowest BCUT2D eigenvalue weighted by Crippen LogP contribution is -2.27. The fourth-order valence-corrected chi connectivity index (χ4v) is 0.347. The van der Waals surface area contributed by atoms with Crippen molar-refractivity contribution < 1.29 is 9.59 Å². The Balaban J connectivity index is 3.87. The molecule has 0 radical (unpaired) electrons. The van der Waals surface area contributed by atoms with E-state index in [-0.39, 0.29) is 5.91 Å². The van der Waals surface area contributed by atoms with Crippen LogP contribution in [-0.2, 0) is 9.59 Å². The number of rotatable bonds is 2. The Bertz CT molecular complexity index is 149. The first-order valence-corrected chi connectivity index (χ1v) is 2.51. The minimum absolute atomic E-state index is 0.279. The molecule has 0 aromatic heterocycles. The average Bonchev–Trinajstić information content (AvgIpc) is 1.87. The van der Waals surface area contributed by atoms with Gasteiger partial charge in [0.15, 0.2) is 0 Å². The third-order valence-electron chi connectivity index (χ3n) is 0.872. The lowest BCUT2D eigenvalue weighted by molar-refractivity contribution is -0.121. The lowest BCUT2D eigenvalue weighted by Gasteiger charge is -1.98. The van der Waals surface area contributed by atoms with Crippen molar-refractivity contribution in [2.75, 3.05) is 7.05 Å². The minimum atomic E-state index is -0.618. The largest absolute Gasteiger partial charge is 0.357 e. The summed E-state index contributed by atoms with van der Waals surface area (Å²) in [6.45, 7) is 1.52. The van der Waals surface area contributed by atoms with Gasteiger partial charge in [-0.15, -0.1) is 0 Å². The maximum absolute atomic E-state index is 10.5. The fraction of sp³-hybridized carbons (Fsp3) is 0.600. The summed E-state index contributed by atoms with van der Waals surface area (Å²) < 4.78 is 0. The van der Waals surface area contributed by atoms with Gasteiger partial charge in [-0.2, -0.15) is 4.99 Å². The van der Waals surface area contributed by atoms with Crippen LogP contribution < -0.4 is 5.32 Å². The van der Waals surface area contributed by atoms with E-state index in [1.807, 2.05) is 0 Å². The van der Waals surface area contributed by atoms with Crippen LogP contribution in [0.25, 0.3) is 0 Å². The number of nitrogens with zero attached hydrogens (tertiary/aromatic N) is 1. The second kappa shape index (κ2) is 3.80. The Hall–Kier alpha value is -1.15. The second-order valence-electron chi connectivity index (χ2n) is 1.51. The molecule has 0 spiro atoms. The van der Waals surface area contributed by atoms with E-state index in [2.05, 4.69) is 10.3 Å². The molecule has 1 amide bonds. The topological polar surface area (TPSA) is 58.5 Å². The maximum atomic E-state index is 10.5. The van der Waals surface area contributed by atoms with Gasteiger partial charge in [0.2, 0.25) is 12.0 Å². The zero-order valence-corrected chi connectivity index (χ0v) is 5.34. The van der Waals surface area contributed by atoms with Crippen LogP contribution in [0.2, 0.25) is 0 Å². The van der Waals surface area contributed by atoms with Crippen LogP contribution in [0, 0.1) is 0 Å². The van der Waals surface area contributed by atoms with Crippen molar-refractivity contribution in [2.24, 2.45) is 4.99 Å². The summed E-state index contributed by atoms with van der Waals surface area (Å²) in [5, 5.41) is 2.34. The fourth-order valence-electron chi connectivity index (χ4n) is 0.347. The molecule has 0 saturated carbocycles. The molecule has 0 unspecified atom stereocenters. The molecular weight excluding hydrogens is 120 g/mol. The van der Waals surface area contributed by atoms with Crippen molar-refractivity contribution in [3.05, 3.63) is 0 Å². The van der Waals surface area contributed by atoms with Crippen molar-refractivity contribution in [3.63, 3.8) is 0 Å². The monoisotopic (exact) mass is 128 g/mol. The van der Waals surface area contributed by atoms with Gasteiger partial charge in [-0.3, -0.25) is 4.79 Å². The lowest BCUT2D eigenvalue weighted by atomic mass is 10.3. The molecule has 0 fully saturated rings. The highest BCUT2D eigenvalue weighted by Crippen LogP contribution is 1.84. The Morgan fingerprint density at radius 1 is 1.78 bits per heavy atom. The van der Waals surface area contributed by atoms with Crippen molar-refractivity contribution in [3.8, 4) is 0 Å². The summed E-state index contributed by atoms with van der Waals surface area (Å²) >= 11 is 0. The summed E-state index contributed by atoms with van der Waals surface area (Å²) in [5.74, 6) is -0.279. The Morgan fingerprint density at radius 2 is 2.33 bits per heavy atom. The summed E-state index contributed by atoms with van der Waals surface area (Å²) in [5.41, 5.74) is 0. The molecule has 0 aromatic carbocycles. The van der Waals surface area contributed by atoms with E-state index in [0.29, 0.717) is 0 Å². The van der Waals surface area contributed by atoms with Crippen LogP contribution in [0.5, 0.6) is 0 Å². The number of carbonyl (C=O) groups is 1. The first kappa shape index (κ1) is 7.85. The van der Waals surface area contributed by atoms with Crippen LogP contribution in [0.1, 0.15) is 6.92 Å². The smallest absolute Gasteiger partial charge is 0.245 e. The van der Waals surface area contributed by atoms with E-state index in [0.717, 1.165) is 0 Å². The summed E-state index contributed by atoms with van der Waals surface area (Å²) in [7, 11) is 1.49. The Kier molecular flexibility index (Phi) is 3.32. The van der Waals surface area contributed by atoms with Gasteiger partial charge in [0, 0.05) is 7.05 Å². The van der Waals surface area contributed by atoms with Gasteiger partial charge in [0.05, 0.1) is 0 Å². The first-order chi connectivity index (χ1) is 4.22. The van der Waals surface area contributed by atoms with Gasteiger partial charge in [-0.1, -0.05) is 0 Å². The minimum Gasteiger partial charge on any atom is -0.357 e. The molecule has 1 atom stereocenters. The zero-order valence-electron chi connectivity index (χ0n) is 5.34. The highest BCUT2D eigenvalue weighted by Gasteiger charge is 2.06. The Labute approximate surface area is 53.0 Å². The molecule has 0 aliphatic heterocycles. The third kappa shape index (κ3) is 2.61. The molecule has 0 aliphatic carbocycles. The molecule has 0 heterocycles. The van der Waals surface area contributed by atoms with Crippen molar-refractivity contribution >= 4 is 12.0 Å². The third-order valence-corrected chi connectivity index (χ3v) is 0.872. The zero-order chi connectivity index (χ0) is 7.28. The summed E-state index contributed by atoms with van der Waals surface area (Å²) in [6, 6.07) is -0.618. The van der Waals surface area contributed by atoms with Gasteiger partial charge < -0.3 is 5.32 Å². The van der Waals surface area contributed by atoms with E-state index in [1.165, 1.54) is 20.1 Å². The van der Waals surface area contributed by atoms with Crippen molar-refractivity contribution in [1.82, 2.24) is 5.32 Å². The van der Waals surface area contributed by atoms with Gasteiger partial charge in [-0.05, 0) is 6.92 Å². The molecule has 1 N–H and O–H groups in total. The standard InChI is InChI=1S/C5H8N2O2/c1-4(7-3-8)5(9)6-2/h4H,1-2H3,(H,6,9)/t4-/m0/s1. The highest BCUT2D eigenvalue weighted by atomic mass is 16.2. The number of amides is 1. The van der Waals surface area contributed by atoms with Gasteiger partial charge in [-0.25, -0.2) is 4.79 Å². The molecule has 9 heavy (non-hydrogen) atoms. The molecule has 4 heteroatoms. The van der Waals surface area contributed by atoms with Crippen molar-refractivity contribution in [1.29, 1.82) is 0 Å². The van der Waals surface area contributed by atoms with Gasteiger partial charge >= 0.3 is 0 Å². The molecule has 50 valence electrons. The van der Waals surface area contributed by atoms with Crippen LogP contribution in [-0.4, -0.2) is 25.1 Å². The van der Waals surface area contributed by atoms with E-state index in [9.17, 15) is 9.59 Å². The number of hydrogen-bond donors (Lipinski definition) is 1. The number of isocyanates is 1. The number of aliphatic imine (C=N–C) groups is 1. The second-order valence-corrected chi connectivity index (χ2v) is 1.51. The molecule has 4 nitrogen and oxygen atoms in total. The predicted molar refractivity (Wildman–Crippen MR) is 31.7 cm³/mol. The summed E-state index contributed by atoms with van der Waals surface area (Å²) in [6.07, 6.45) is 1.30. The highest BCUT2D eigenvalue weighted by molar-refractivity contribution is 5.81. The predicted octanol–water partition coefficient (Wildman–Crippen LogP) is -0.543. The number of likely N-dealkylation sites (N-methyl/N-ethyl adjacent to an activating group) is 1. The van der Waals surface area contributed by atoms with Gasteiger partial charge in [0.25, 0.3) is 0 Å².